The third-order valence-electron chi connectivity index (χ3n) is 3.33. The standard InChI is InChI=1S/C16H22N4O/c1-11(2)7-18-8-13-4-5-15(6-12(13)3)20-10-14(9-19-20)16(17)21/h4-6,9-11,18H,7-8H2,1-3H3,(H2,17,21). The van der Waals surface area contributed by atoms with Gasteiger partial charge in [-0.25, -0.2) is 4.68 Å². The first kappa shape index (κ1) is 15.3. The Bertz CT molecular complexity index is 631. The van der Waals surface area contributed by atoms with E-state index in [1.54, 1.807) is 10.9 Å². The van der Waals surface area contributed by atoms with Crippen LogP contribution in [0.15, 0.2) is 30.6 Å². The first-order chi connectivity index (χ1) is 9.97. The molecule has 0 bridgehead atoms. The molecular weight excluding hydrogens is 264 g/mol. The van der Waals surface area contributed by atoms with Gasteiger partial charge in [-0.05, 0) is 42.6 Å². The van der Waals surface area contributed by atoms with Crippen molar-refractivity contribution in [3.05, 3.63) is 47.3 Å². The van der Waals surface area contributed by atoms with E-state index < -0.39 is 5.91 Å². The number of primary amides is 1. The Morgan fingerprint density at radius 2 is 2.19 bits per heavy atom. The van der Waals surface area contributed by atoms with Crippen molar-refractivity contribution in [2.24, 2.45) is 11.7 Å². The number of aryl methyl sites for hydroxylation is 1. The summed E-state index contributed by atoms with van der Waals surface area (Å²) in [5.41, 5.74) is 9.03. The minimum absolute atomic E-state index is 0.412. The number of nitrogens with zero attached hydrogens (tertiary/aromatic N) is 2. The summed E-state index contributed by atoms with van der Waals surface area (Å²) in [5, 5.41) is 7.60. The van der Waals surface area contributed by atoms with Crippen LogP contribution in [0.1, 0.15) is 35.3 Å². The Balaban J connectivity index is 2.12. The molecule has 0 saturated heterocycles. The van der Waals surface area contributed by atoms with E-state index in [9.17, 15) is 4.79 Å². The number of aromatic nitrogens is 2. The highest BCUT2D eigenvalue weighted by molar-refractivity contribution is 5.92. The largest absolute Gasteiger partial charge is 0.366 e. The Kier molecular flexibility index (Phi) is 4.75. The van der Waals surface area contributed by atoms with Gasteiger partial charge in [0.1, 0.15) is 0 Å². The molecule has 2 aromatic rings. The molecule has 1 aromatic heterocycles. The van der Waals surface area contributed by atoms with E-state index in [4.69, 9.17) is 5.73 Å². The third kappa shape index (κ3) is 3.92. The number of benzene rings is 1. The van der Waals surface area contributed by atoms with Crippen LogP contribution in [-0.2, 0) is 6.54 Å². The average Bonchev–Trinajstić information content (AvgIpc) is 2.90. The quantitative estimate of drug-likeness (QED) is 0.853. The highest BCUT2D eigenvalue weighted by atomic mass is 16.1. The molecule has 0 aliphatic carbocycles. The van der Waals surface area contributed by atoms with Crippen molar-refractivity contribution in [1.82, 2.24) is 15.1 Å². The van der Waals surface area contributed by atoms with Gasteiger partial charge in [-0.1, -0.05) is 19.9 Å². The van der Waals surface area contributed by atoms with Crippen LogP contribution in [0.3, 0.4) is 0 Å². The van der Waals surface area contributed by atoms with Crippen LogP contribution in [0.5, 0.6) is 0 Å². The monoisotopic (exact) mass is 286 g/mol. The summed E-state index contributed by atoms with van der Waals surface area (Å²) in [6, 6.07) is 6.14. The van der Waals surface area contributed by atoms with Crippen molar-refractivity contribution in [2.45, 2.75) is 27.3 Å². The Morgan fingerprint density at radius 3 is 2.76 bits per heavy atom. The van der Waals surface area contributed by atoms with Gasteiger partial charge in [-0.15, -0.1) is 0 Å². The zero-order valence-electron chi connectivity index (χ0n) is 12.8. The van der Waals surface area contributed by atoms with E-state index in [2.05, 4.69) is 43.3 Å². The number of nitrogens with two attached hydrogens (primary N) is 1. The van der Waals surface area contributed by atoms with E-state index in [0.717, 1.165) is 18.8 Å². The Hall–Kier alpha value is -2.14. The fourth-order valence-electron chi connectivity index (χ4n) is 2.11. The van der Waals surface area contributed by atoms with Crippen LogP contribution in [0.2, 0.25) is 0 Å². The van der Waals surface area contributed by atoms with Crippen LogP contribution in [-0.4, -0.2) is 22.2 Å². The van der Waals surface area contributed by atoms with Gasteiger partial charge in [0, 0.05) is 12.7 Å². The van der Waals surface area contributed by atoms with Crippen molar-refractivity contribution in [3.63, 3.8) is 0 Å². The van der Waals surface area contributed by atoms with E-state index in [-0.39, 0.29) is 0 Å². The maximum absolute atomic E-state index is 11.1. The second-order valence-corrected chi connectivity index (χ2v) is 5.67. The Labute approximate surface area is 125 Å². The van der Waals surface area contributed by atoms with Crippen molar-refractivity contribution in [2.75, 3.05) is 6.54 Å². The topological polar surface area (TPSA) is 72.9 Å². The molecule has 1 heterocycles. The smallest absolute Gasteiger partial charge is 0.251 e. The number of nitrogens with one attached hydrogen (secondary N) is 1. The molecule has 0 saturated carbocycles. The molecule has 0 fully saturated rings. The zero-order chi connectivity index (χ0) is 15.4. The molecule has 0 atom stereocenters. The number of hydrogen-bond donors (Lipinski definition) is 2. The van der Waals surface area contributed by atoms with Crippen LogP contribution >= 0.6 is 0 Å². The molecule has 2 rings (SSSR count). The Morgan fingerprint density at radius 1 is 1.43 bits per heavy atom. The SMILES string of the molecule is Cc1cc(-n2cc(C(N)=O)cn2)ccc1CNCC(C)C. The first-order valence-corrected chi connectivity index (χ1v) is 7.12. The molecule has 1 amide bonds. The molecule has 21 heavy (non-hydrogen) atoms. The summed E-state index contributed by atoms with van der Waals surface area (Å²) in [7, 11) is 0. The summed E-state index contributed by atoms with van der Waals surface area (Å²) in [6.45, 7) is 8.32. The number of carbonyl (C=O) groups is 1. The lowest BCUT2D eigenvalue weighted by Gasteiger charge is -2.11. The van der Waals surface area contributed by atoms with Crippen LogP contribution in [0.4, 0.5) is 0 Å². The minimum Gasteiger partial charge on any atom is -0.366 e. The third-order valence-corrected chi connectivity index (χ3v) is 3.33. The van der Waals surface area contributed by atoms with Crippen LogP contribution < -0.4 is 11.1 Å². The maximum Gasteiger partial charge on any atom is 0.251 e. The van der Waals surface area contributed by atoms with Gasteiger partial charge < -0.3 is 11.1 Å². The lowest BCUT2D eigenvalue weighted by molar-refractivity contribution is 0.100. The minimum atomic E-state index is -0.465. The van der Waals surface area contributed by atoms with Gasteiger partial charge in [0.2, 0.25) is 0 Å². The second kappa shape index (κ2) is 6.54. The highest BCUT2D eigenvalue weighted by Crippen LogP contribution is 2.15. The van der Waals surface area contributed by atoms with Crippen LogP contribution in [0.25, 0.3) is 5.69 Å². The zero-order valence-corrected chi connectivity index (χ0v) is 12.8. The van der Waals surface area contributed by atoms with E-state index in [0.29, 0.717) is 11.5 Å². The van der Waals surface area contributed by atoms with Gasteiger partial charge in [0.05, 0.1) is 17.4 Å². The van der Waals surface area contributed by atoms with E-state index in [1.165, 1.54) is 17.3 Å². The first-order valence-electron chi connectivity index (χ1n) is 7.12. The van der Waals surface area contributed by atoms with Crippen molar-refractivity contribution in [3.8, 4) is 5.69 Å². The summed E-state index contributed by atoms with van der Waals surface area (Å²) >= 11 is 0. The average molecular weight is 286 g/mol. The van der Waals surface area contributed by atoms with Gasteiger partial charge in [-0.2, -0.15) is 5.10 Å². The van der Waals surface area contributed by atoms with Crippen molar-refractivity contribution >= 4 is 5.91 Å². The second-order valence-electron chi connectivity index (χ2n) is 5.67. The molecule has 112 valence electrons. The molecule has 1 aromatic carbocycles. The molecule has 5 nitrogen and oxygen atoms in total. The number of rotatable bonds is 6. The molecule has 0 unspecified atom stereocenters. The summed E-state index contributed by atoms with van der Waals surface area (Å²) in [5.74, 6) is 0.174. The molecule has 0 aliphatic rings. The number of carbonyl (C=O) groups excluding carboxylic acids is 1. The fraction of sp³-hybridized carbons (Fsp3) is 0.375. The van der Waals surface area contributed by atoms with Gasteiger partial charge in [0.25, 0.3) is 5.91 Å². The molecule has 0 spiro atoms. The van der Waals surface area contributed by atoms with Crippen molar-refractivity contribution in [1.29, 1.82) is 0 Å². The van der Waals surface area contributed by atoms with Crippen molar-refractivity contribution < 1.29 is 4.79 Å². The predicted octanol–water partition coefficient (Wildman–Crippen LogP) is 2.03. The van der Waals surface area contributed by atoms with Gasteiger partial charge in [-0.3, -0.25) is 4.79 Å². The molecular formula is C16H22N4O. The lowest BCUT2D eigenvalue weighted by Crippen LogP contribution is -2.19. The summed E-state index contributed by atoms with van der Waals surface area (Å²) in [6.07, 6.45) is 3.13. The molecule has 0 aliphatic heterocycles. The fourth-order valence-corrected chi connectivity index (χ4v) is 2.11. The summed E-state index contributed by atoms with van der Waals surface area (Å²) in [4.78, 5) is 11.1. The molecule has 0 radical (unpaired) electrons. The van der Waals surface area contributed by atoms with E-state index in [1.807, 2.05) is 6.07 Å². The normalized spacial score (nSPS) is 11.0. The number of amides is 1. The predicted molar refractivity (Wildman–Crippen MR) is 83.4 cm³/mol. The summed E-state index contributed by atoms with van der Waals surface area (Å²) < 4.78 is 1.67. The highest BCUT2D eigenvalue weighted by Gasteiger charge is 2.07. The maximum atomic E-state index is 11.1. The van der Waals surface area contributed by atoms with E-state index >= 15 is 0 Å². The number of hydrogen-bond acceptors (Lipinski definition) is 3. The van der Waals surface area contributed by atoms with Gasteiger partial charge in [0.15, 0.2) is 0 Å². The molecule has 3 N–H and O–H groups in total. The van der Waals surface area contributed by atoms with Crippen LogP contribution in [0, 0.1) is 12.8 Å². The molecule has 5 heteroatoms. The lowest BCUT2D eigenvalue weighted by atomic mass is 10.1. The van der Waals surface area contributed by atoms with Gasteiger partial charge >= 0.3 is 0 Å².